The van der Waals surface area contributed by atoms with E-state index < -0.39 is 52.8 Å². The zero-order valence-corrected chi connectivity index (χ0v) is 26.8. The fourth-order valence-electron chi connectivity index (χ4n) is 4.64. The van der Waals surface area contributed by atoms with Crippen molar-refractivity contribution in [2.75, 3.05) is 23.8 Å². The Labute approximate surface area is 280 Å². The molecule has 5 N–H and O–H groups in total. The van der Waals surface area contributed by atoms with E-state index in [0.717, 1.165) is 32.5 Å². The van der Waals surface area contributed by atoms with Gasteiger partial charge >= 0.3 is 17.6 Å². The highest BCUT2D eigenvalue weighted by Gasteiger charge is 2.57. The molecule has 2 aliphatic heterocycles. The Hall–Kier alpha value is -4.73. The van der Waals surface area contributed by atoms with E-state index in [0.29, 0.717) is 10.0 Å². The number of halogens is 1. The lowest BCUT2D eigenvalue weighted by Gasteiger charge is -2.53. The molecular weight excluding hydrogens is 700 g/mol. The van der Waals surface area contributed by atoms with E-state index in [1.165, 1.54) is 40.9 Å². The number of nitrogens with two attached hydrogens (primary N) is 1. The second-order valence-electron chi connectivity index (χ2n) is 10.2. The summed E-state index contributed by atoms with van der Waals surface area (Å²) >= 11 is 9.00. The molecule has 0 bridgehead atoms. The van der Waals surface area contributed by atoms with Gasteiger partial charge in [-0.2, -0.15) is 23.7 Å². The number of benzene rings is 1. The van der Waals surface area contributed by atoms with E-state index in [4.69, 9.17) is 27.3 Å². The molecule has 1 aromatic carbocycles. The summed E-state index contributed by atoms with van der Waals surface area (Å²) in [6.45, 7) is -0.778. The number of amides is 2. The number of hydrogen-bond acceptors (Lipinski definition) is 15. The molecule has 2 unspecified atom stereocenters. The van der Waals surface area contributed by atoms with Gasteiger partial charge in [-0.25, -0.2) is 4.79 Å². The standard InChI is InChI=1S/C25H21ClN10O8S3/c26-11-1-3-12(4-2-11)44-32-16(18-29-23(27)47-33-18)19(39)28-17-20(40)34-8-25(22(41)42,10-46-21(17)34)9-45-14-6-5-13-30-35(7-15(37)38)24(43)36(13)31-14/h1-6,17,21H,7-10H2,(H,28,39)(H,37,38)(H,41,42)(H2,27,29,33)/t17?,21-,25?/m1/s1. The first-order chi connectivity index (χ1) is 22.4. The highest BCUT2D eigenvalue weighted by Crippen LogP contribution is 2.44. The molecule has 6 rings (SSSR count). The second kappa shape index (κ2) is 12.8. The summed E-state index contributed by atoms with van der Waals surface area (Å²) in [5.74, 6) is -3.42. The fourth-order valence-corrected chi connectivity index (χ4v) is 7.91. The van der Waals surface area contributed by atoms with E-state index in [1.54, 1.807) is 12.1 Å². The van der Waals surface area contributed by atoms with E-state index >= 15 is 0 Å². The molecule has 244 valence electrons. The number of nitrogens with zero attached hydrogens (tertiary/aromatic N) is 8. The predicted octanol–water partition coefficient (Wildman–Crippen LogP) is 0.109. The highest BCUT2D eigenvalue weighted by atomic mass is 35.5. The van der Waals surface area contributed by atoms with Crippen LogP contribution in [-0.4, -0.2) is 103 Å². The highest BCUT2D eigenvalue weighted by molar-refractivity contribution is 8.00. The first kappa shape index (κ1) is 32.2. The van der Waals surface area contributed by atoms with Gasteiger partial charge < -0.3 is 31.0 Å². The van der Waals surface area contributed by atoms with E-state index in [1.807, 2.05) is 0 Å². The van der Waals surface area contributed by atoms with Crippen LogP contribution in [0.25, 0.3) is 5.65 Å². The third kappa shape index (κ3) is 6.46. The Morgan fingerprint density at radius 2 is 1.94 bits per heavy atom. The summed E-state index contributed by atoms with van der Waals surface area (Å²) in [7, 11) is 0. The number of aliphatic carboxylic acids is 2. The maximum atomic E-state index is 13.3. The van der Waals surface area contributed by atoms with Gasteiger partial charge in [0.05, 0.1) is 0 Å². The van der Waals surface area contributed by atoms with Crippen molar-refractivity contribution in [1.82, 2.24) is 39.0 Å². The van der Waals surface area contributed by atoms with Gasteiger partial charge in [-0.1, -0.05) is 16.8 Å². The van der Waals surface area contributed by atoms with Crippen molar-refractivity contribution in [3.05, 3.63) is 57.7 Å². The van der Waals surface area contributed by atoms with Gasteiger partial charge in [0.15, 0.2) is 16.5 Å². The number of nitrogen functional groups attached to an aromatic ring is 1. The van der Waals surface area contributed by atoms with Crippen molar-refractivity contribution in [2.24, 2.45) is 10.6 Å². The number of aromatic nitrogens is 6. The van der Waals surface area contributed by atoms with E-state index in [-0.39, 0.29) is 46.1 Å². The zero-order valence-electron chi connectivity index (χ0n) is 23.5. The van der Waals surface area contributed by atoms with Crippen molar-refractivity contribution in [1.29, 1.82) is 0 Å². The molecule has 0 radical (unpaired) electrons. The number of hydrogen-bond donors (Lipinski definition) is 4. The average Bonchev–Trinajstić information content (AvgIpc) is 3.61. The Bertz CT molecular complexity index is 2000. The van der Waals surface area contributed by atoms with Gasteiger partial charge in [0.25, 0.3) is 5.91 Å². The lowest BCUT2D eigenvalue weighted by Crippen LogP contribution is -2.74. The minimum atomic E-state index is -1.38. The van der Waals surface area contributed by atoms with Crippen LogP contribution in [0.4, 0.5) is 5.13 Å². The van der Waals surface area contributed by atoms with E-state index in [2.05, 4.69) is 30.0 Å². The number of oxime groups is 1. The quantitative estimate of drug-likeness (QED) is 0.0695. The Morgan fingerprint density at radius 3 is 2.62 bits per heavy atom. The van der Waals surface area contributed by atoms with Crippen LogP contribution >= 0.6 is 46.7 Å². The van der Waals surface area contributed by atoms with Crippen molar-refractivity contribution in [3.8, 4) is 5.75 Å². The van der Waals surface area contributed by atoms with Crippen LogP contribution < -0.4 is 21.6 Å². The van der Waals surface area contributed by atoms with Gasteiger partial charge in [-0.05, 0) is 36.4 Å². The van der Waals surface area contributed by atoms with Gasteiger partial charge in [-0.15, -0.1) is 28.6 Å². The molecule has 18 nitrogen and oxygen atoms in total. The molecule has 3 atom stereocenters. The maximum Gasteiger partial charge on any atom is 0.367 e. The van der Waals surface area contributed by atoms with Crippen LogP contribution in [0.3, 0.4) is 0 Å². The van der Waals surface area contributed by atoms with Crippen molar-refractivity contribution >= 4 is 86.9 Å². The molecule has 2 aliphatic rings. The van der Waals surface area contributed by atoms with Gasteiger partial charge in [0.2, 0.25) is 17.4 Å². The molecule has 0 spiro atoms. The number of fused-ring (bicyclic) bond motifs is 2. The van der Waals surface area contributed by atoms with Crippen molar-refractivity contribution in [2.45, 2.75) is 23.0 Å². The predicted molar refractivity (Wildman–Crippen MR) is 169 cm³/mol. The number of carboxylic acids is 2. The summed E-state index contributed by atoms with van der Waals surface area (Å²) in [4.78, 5) is 73.3. The van der Waals surface area contributed by atoms with Crippen molar-refractivity contribution in [3.63, 3.8) is 0 Å². The summed E-state index contributed by atoms with van der Waals surface area (Å²) in [6, 6.07) is 8.22. The third-order valence-corrected chi connectivity index (χ3v) is 10.6. The molecular formula is C25H21ClN10O8S3. The normalized spacial score (nSPS) is 20.8. The van der Waals surface area contributed by atoms with Gasteiger partial charge in [-0.3, -0.25) is 19.2 Å². The summed E-state index contributed by atoms with van der Waals surface area (Å²) in [5, 5.41) is 34.1. The number of anilines is 1. The Morgan fingerprint density at radius 1 is 1.17 bits per heavy atom. The first-order valence-corrected chi connectivity index (χ1v) is 16.5. The Kier molecular flexibility index (Phi) is 8.78. The van der Waals surface area contributed by atoms with Gasteiger partial charge in [0.1, 0.15) is 28.4 Å². The summed E-state index contributed by atoms with van der Waals surface area (Å²) in [6.07, 6.45) is 0. The first-order valence-electron chi connectivity index (χ1n) is 13.3. The van der Waals surface area contributed by atoms with Crippen LogP contribution in [0.5, 0.6) is 5.75 Å². The van der Waals surface area contributed by atoms with Crippen molar-refractivity contribution < 1.29 is 34.2 Å². The molecule has 3 aromatic heterocycles. The van der Waals surface area contributed by atoms with Crippen LogP contribution in [0.15, 0.2) is 51.4 Å². The number of rotatable bonds is 11. The third-order valence-electron chi connectivity index (χ3n) is 7.01. The monoisotopic (exact) mass is 720 g/mol. The fraction of sp³-hybridized carbons (Fsp3) is 0.280. The topological polar surface area (TPSA) is 250 Å². The number of carboxylic acid groups (broad SMARTS) is 2. The molecule has 22 heteroatoms. The molecule has 2 saturated heterocycles. The zero-order chi connectivity index (χ0) is 33.5. The van der Waals surface area contributed by atoms with Crippen LogP contribution in [0, 0.1) is 5.41 Å². The van der Waals surface area contributed by atoms with E-state index in [9.17, 15) is 29.1 Å². The lowest BCUT2D eigenvalue weighted by molar-refractivity contribution is -0.157. The lowest BCUT2D eigenvalue weighted by atomic mass is 9.89. The minimum absolute atomic E-state index is 0.00482. The Balaban J connectivity index is 1.13. The van der Waals surface area contributed by atoms with Crippen LogP contribution in [0.2, 0.25) is 5.02 Å². The average molecular weight is 721 g/mol. The number of β-lactam (4-membered cyclic amide) rings is 1. The number of carbonyl (C=O) groups is 4. The van der Waals surface area contributed by atoms with Crippen LogP contribution in [-0.2, 0) is 25.7 Å². The smallest absolute Gasteiger partial charge is 0.367 e. The number of nitrogens with one attached hydrogen (secondary N) is 1. The summed E-state index contributed by atoms with van der Waals surface area (Å²) in [5.41, 5.74) is 3.36. The maximum absolute atomic E-state index is 13.3. The van der Waals surface area contributed by atoms with Crippen LogP contribution in [0.1, 0.15) is 5.82 Å². The second-order valence-corrected chi connectivity index (χ2v) is 13.5. The molecule has 4 aromatic rings. The molecule has 5 heterocycles. The molecule has 0 saturated carbocycles. The molecule has 2 amide bonds. The molecule has 0 aliphatic carbocycles. The SMILES string of the molecule is Nc1nc(C(=NOc2ccc(Cl)cc2)C(=O)NC2C(=O)N3CC(CSc4ccc5nn(CC(=O)O)c(=O)n5n4)(C(=O)O)CS[C@H]23)ns1. The van der Waals surface area contributed by atoms with Gasteiger partial charge in [0, 0.05) is 34.6 Å². The molecule has 47 heavy (non-hydrogen) atoms. The summed E-state index contributed by atoms with van der Waals surface area (Å²) < 4.78 is 5.72. The largest absolute Gasteiger partial charge is 0.481 e. The molecule has 2 fully saturated rings. The minimum Gasteiger partial charge on any atom is -0.481 e. The number of carbonyl (C=O) groups excluding carboxylic acids is 2. The number of thioether (sulfide) groups is 2.